The molecule has 120 valence electrons. The molecule has 1 aliphatic heterocycles. The second-order valence-corrected chi connectivity index (χ2v) is 6.68. The number of carbonyl (C=O) groups is 1. The van der Waals surface area contributed by atoms with Crippen LogP contribution in [0.3, 0.4) is 0 Å². The Morgan fingerprint density at radius 1 is 1.29 bits per heavy atom. The highest BCUT2D eigenvalue weighted by Crippen LogP contribution is 2.38. The van der Waals surface area contributed by atoms with E-state index in [1.807, 2.05) is 43.3 Å². The van der Waals surface area contributed by atoms with Crippen LogP contribution in [-0.2, 0) is 0 Å². The van der Waals surface area contributed by atoms with Crippen LogP contribution < -0.4 is 4.90 Å². The summed E-state index contributed by atoms with van der Waals surface area (Å²) in [5.41, 5.74) is 2.03. The number of nitrogens with zero attached hydrogens (tertiary/aromatic N) is 3. The summed E-state index contributed by atoms with van der Waals surface area (Å²) >= 11 is 1.77. The van der Waals surface area contributed by atoms with E-state index in [-0.39, 0.29) is 11.9 Å². The van der Waals surface area contributed by atoms with Crippen molar-refractivity contribution in [1.82, 2.24) is 10.1 Å². The lowest BCUT2D eigenvalue weighted by Gasteiger charge is -2.34. The average Bonchev–Trinajstić information content (AvgIpc) is 3.12. The molecule has 3 aromatic rings. The van der Waals surface area contributed by atoms with Gasteiger partial charge in [-0.2, -0.15) is 0 Å². The van der Waals surface area contributed by atoms with Crippen molar-refractivity contribution in [2.45, 2.75) is 17.9 Å². The largest absolute Gasteiger partial charge is 0.355 e. The molecule has 4 rings (SSSR count). The van der Waals surface area contributed by atoms with Crippen LogP contribution in [0.4, 0.5) is 5.69 Å². The van der Waals surface area contributed by atoms with Gasteiger partial charge in [-0.25, -0.2) is 0 Å². The van der Waals surface area contributed by atoms with Gasteiger partial charge < -0.3 is 9.42 Å². The first kappa shape index (κ1) is 15.0. The van der Waals surface area contributed by atoms with Crippen LogP contribution in [0.2, 0.25) is 0 Å². The first-order chi connectivity index (χ1) is 11.7. The molecule has 0 spiro atoms. The lowest BCUT2D eigenvalue weighted by molar-refractivity contribution is 0.0971. The monoisotopic (exact) mass is 337 g/mol. The second-order valence-electron chi connectivity index (χ2n) is 5.62. The fraction of sp³-hybridized carbons (Fsp3) is 0.167. The summed E-state index contributed by atoms with van der Waals surface area (Å²) in [6, 6.07) is 13.4. The summed E-state index contributed by atoms with van der Waals surface area (Å²) in [6.45, 7) is 2.04. The van der Waals surface area contributed by atoms with E-state index in [2.05, 4.69) is 10.1 Å². The van der Waals surface area contributed by atoms with Crippen molar-refractivity contribution in [2.75, 3.05) is 10.7 Å². The second kappa shape index (κ2) is 6.13. The summed E-state index contributed by atoms with van der Waals surface area (Å²) in [4.78, 5) is 20.0. The molecule has 5 nitrogen and oxygen atoms in total. The van der Waals surface area contributed by atoms with E-state index in [0.717, 1.165) is 21.9 Å². The number of thioether (sulfide) groups is 1. The molecule has 1 aliphatic rings. The van der Waals surface area contributed by atoms with Crippen LogP contribution in [0.5, 0.6) is 0 Å². The van der Waals surface area contributed by atoms with E-state index in [9.17, 15) is 4.79 Å². The van der Waals surface area contributed by atoms with E-state index in [4.69, 9.17) is 4.52 Å². The van der Waals surface area contributed by atoms with E-state index in [1.165, 1.54) is 0 Å². The van der Waals surface area contributed by atoms with Gasteiger partial charge in [-0.05, 0) is 31.2 Å². The molecule has 0 unspecified atom stereocenters. The van der Waals surface area contributed by atoms with Crippen molar-refractivity contribution >= 4 is 23.4 Å². The van der Waals surface area contributed by atoms with Crippen molar-refractivity contribution in [3.05, 3.63) is 60.6 Å². The van der Waals surface area contributed by atoms with Gasteiger partial charge in [-0.3, -0.25) is 9.78 Å². The van der Waals surface area contributed by atoms with Gasteiger partial charge in [0.05, 0.1) is 5.69 Å². The van der Waals surface area contributed by atoms with Crippen molar-refractivity contribution in [2.24, 2.45) is 0 Å². The topological polar surface area (TPSA) is 59.2 Å². The molecule has 0 bridgehead atoms. The van der Waals surface area contributed by atoms with Crippen molar-refractivity contribution in [3.8, 4) is 11.3 Å². The number of carbonyl (C=O) groups excluding carboxylic acids is 1. The Balaban J connectivity index is 1.68. The molecular formula is C18H15N3O2S. The number of rotatable bonds is 2. The maximum Gasteiger partial charge on any atom is 0.280 e. The Morgan fingerprint density at radius 3 is 3.00 bits per heavy atom. The molecule has 1 aromatic carbocycles. The van der Waals surface area contributed by atoms with E-state index >= 15 is 0 Å². The van der Waals surface area contributed by atoms with Crippen LogP contribution in [0.25, 0.3) is 11.3 Å². The lowest BCUT2D eigenvalue weighted by atomic mass is 10.1. The molecule has 0 saturated carbocycles. The summed E-state index contributed by atoms with van der Waals surface area (Å²) in [7, 11) is 0. The predicted octanol–water partition coefficient (Wildman–Crippen LogP) is 3.88. The Morgan fingerprint density at radius 2 is 2.17 bits per heavy atom. The van der Waals surface area contributed by atoms with Gasteiger partial charge >= 0.3 is 0 Å². The Kier molecular flexibility index (Phi) is 3.82. The number of hydrogen-bond acceptors (Lipinski definition) is 5. The molecule has 1 atom stereocenters. The zero-order valence-corrected chi connectivity index (χ0v) is 13.9. The number of benzene rings is 1. The highest BCUT2D eigenvalue weighted by atomic mass is 32.2. The fourth-order valence-electron chi connectivity index (χ4n) is 2.75. The van der Waals surface area contributed by atoms with Crippen LogP contribution in [0.15, 0.2) is 64.3 Å². The SMILES string of the molecule is C[C@@H]1CSc2ccccc2N1C(=O)c1cc(-c2cccnc2)on1. The van der Waals surface area contributed by atoms with Gasteiger partial charge in [-0.15, -0.1) is 11.8 Å². The highest BCUT2D eigenvalue weighted by molar-refractivity contribution is 7.99. The molecule has 1 amide bonds. The number of amides is 1. The van der Waals surface area contributed by atoms with Gasteiger partial charge in [0, 0.05) is 40.7 Å². The molecule has 6 heteroatoms. The molecule has 2 aromatic heterocycles. The van der Waals surface area contributed by atoms with Crippen molar-refractivity contribution < 1.29 is 9.32 Å². The summed E-state index contributed by atoms with van der Waals surface area (Å²) in [5, 5.41) is 3.97. The normalized spacial score (nSPS) is 16.7. The van der Waals surface area contributed by atoms with Crippen LogP contribution in [0.1, 0.15) is 17.4 Å². The van der Waals surface area contributed by atoms with Gasteiger partial charge in [-0.1, -0.05) is 17.3 Å². The lowest BCUT2D eigenvalue weighted by Crippen LogP contribution is -2.42. The minimum atomic E-state index is -0.144. The van der Waals surface area contributed by atoms with E-state index in [1.54, 1.807) is 35.1 Å². The summed E-state index contributed by atoms with van der Waals surface area (Å²) < 4.78 is 5.34. The third-order valence-electron chi connectivity index (χ3n) is 3.94. The molecule has 0 saturated heterocycles. The Labute approximate surface area is 143 Å². The van der Waals surface area contributed by atoms with Crippen LogP contribution in [-0.4, -0.2) is 27.8 Å². The zero-order valence-electron chi connectivity index (χ0n) is 13.0. The number of para-hydroxylation sites is 1. The Bertz CT molecular complexity index is 879. The van der Waals surface area contributed by atoms with E-state index < -0.39 is 0 Å². The number of pyridine rings is 1. The van der Waals surface area contributed by atoms with Gasteiger partial charge in [0.2, 0.25) is 0 Å². The smallest absolute Gasteiger partial charge is 0.280 e. The quantitative estimate of drug-likeness (QED) is 0.710. The molecule has 0 fully saturated rings. The third-order valence-corrected chi connectivity index (χ3v) is 5.25. The first-order valence-electron chi connectivity index (χ1n) is 7.66. The highest BCUT2D eigenvalue weighted by Gasteiger charge is 2.31. The molecule has 0 N–H and O–H groups in total. The fourth-order valence-corrected chi connectivity index (χ4v) is 3.81. The first-order valence-corrected chi connectivity index (χ1v) is 8.65. The van der Waals surface area contributed by atoms with Crippen LogP contribution in [0, 0.1) is 0 Å². The van der Waals surface area contributed by atoms with Gasteiger partial charge in [0.25, 0.3) is 5.91 Å². The van der Waals surface area contributed by atoms with Gasteiger partial charge in [0.15, 0.2) is 11.5 Å². The minimum Gasteiger partial charge on any atom is -0.355 e. The number of fused-ring (bicyclic) bond motifs is 1. The van der Waals surface area contributed by atoms with Crippen molar-refractivity contribution in [3.63, 3.8) is 0 Å². The minimum absolute atomic E-state index is 0.0935. The van der Waals surface area contributed by atoms with Crippen molar-refractivity contribution in [1.29, 1.82) is 0 Å². The zero-order chi connectivity index (χ0) is 16.5. The molecular weight excluding hydrogens is 322 g/mol. The van der Waals surface area contributed by atoms with Gasteiger partial charge in [0.1, 0.15) is 0 Å². The maximum absolute atomic E-state index is 13.0. The third kappa shape index (κ3) is 2.59. The summed E-state index contributed by atoms with van der Waals surface area (Å²) in [6.07, 6.45) is 3.38. The van der Waals surface area contributed by atoms with Crippen LogP contribution >= 0.6 is 11.8 Å². The molecule has 0 radical (unpaired) electrons. The summed E-state index contributed by atoms with van der Waals surface area (Å²) in [5.74, 6) is 1.25. The average molecular weight is 337 g/mol. The predicted molar refractivity (Wildman–Crippen MR) is 93.2 cm³/mol. The number of hydrogen-bond donors (Lipinski definition) is 0. The molecule has 3 heterocycles. The standard InChI is InChI=1S/C18H15N3O2S/c1-12-11-24-17-7-3-2-6-15(17)21(12)18(22)14-9-16(23-20-14)13-5-4-8-19-10-13/h2-10,12H,11H2,1H3/t12-/m1/s1. The number of anilines is 1. The van der Waals surface area contributed by atoms with E-state index in [0.29, 0.717) is 11.5 Å². The molecule has 24 heavy (non-hydrogen) atoms. The number of aromatic nitrogens is 2. The molecule has 0 aliphatic carbocycles. The maximum atomic E-state index is 13.0. The Hall–Kier alpha value is -2.60.